The Morgan fingerprint density at radius 3 is 2.61 bits per heavy atom. The first-order valence-electron chi connectivity index (χ1n) is 5.23. The van der Waals surface area contributed by atoms with Crippen LogP contribution in [0.2, 0.25) is 0 Å². The molecule has 0 atom stereocenters. The van der Waals surface area contributed by atoms with Crippen LogP contribution in [0.3, 0.4) is 0 Å². The fourth-order valence-electron chi connectivity index (χ4n) is 1.41. The van der Waals surface area contributed by atoms with Crippen molar-refractivity contribution in [3.8, 4) is 6.07 Å². The molecule has 2 rings (SSSR count). The number of aromatic nitrogens is 1. The average Bonchev–Trinajstić information content (AvgIpc) is 2.41. The number of halogens is 2. The Balaban J connectivity index is 2.02. The largest absolute Gasteiger partial charge is 0.366 e. The van der Waals surface area contributed by atoms with E-state index < -0.39 is 11.6 Å². The highest BCUT2D eigenvalue weighted by Gasteiger charge is 2.02. The van der Waals surface area contributed by atoms with Crippen molar-refractivity contribution in [1.29, 1.82) is 5.26 Å². The first kappa shape index (κ1) is 12.0. The molecule has 0 radical (unpaired) electrons. The second-order valence-corrected chi connectivity index (χ2v) is 3.65. The van der Waals surface area contributed by atoms with Crippen LogP contribution in [-0.2, 0) is 6.54 Å². The van der Waals surface area contributed by atoms with Gasteiger partial charge in [-0.05, 0) is 29.8 Å². The average molecular weight is 245 g/mol. The number of nitriles is 1. The van der Waals surface area contributed by atoms with Crippen molar-refractivity contribution >= 4 is 5.82 Å². The van der Waals surface area contributed by atoms with Gasteiger partial charge < -0.3 is 5.32 Å². The van der Waals surface area contributed by atoms with Gasteiger partial charge in [0.25, 0.3) is 0 Å². The molecule has 90 valence electrons. The summed E-state index contributed by atoms with van der Waals surface area (Å²) >= 11 is 0. The summed E-state index contributed by atoms with van der Waals surface area (Å²) in [5.41, 5.74) is 1.08. The number of anilines is 1. The molecule has 18 heavy (non-hydrogen) atoms. The highest BCUT2D eigenvalue weighted by Crippen LogP contribution is 2.11. The van der Waals surface area contributed by atoms with Gasteiger partial charge in [-0.1, -0.05) is 6.07 Å². The van der Waals surface area contributed by atoms with E-state index in [-0.39, 0.29) is 0 Å². The zero-order valence-corrected chi connectivity index (χ0v) is 9.32. The zero-order valence-electron chi connectivity index (χ0n) is 9.32. The van der Waals surface area contributed by atoms with Gasteiger partial charge in [0.15, 0.2) is 11.6 Å². The Hall–Kier alpha value is -2.48. The quantitative estimate of drug-likeness (QED) is 0.904. The summed E-state index contributed by atoms with van der Waals surface area (Å²) in [6, 6.07) is 8.94. The maximum atomic E-state index is 12.9. The lowest BCUT2D eigenvalue weighted by molar-refractivity contribution is 0.507. The van der Waals surface area contributed by atoms with Gasteiger partial charge in [-0.15, -0.1) is 0 Å². The van der Waals surface area contributed by atoms with E-state index in [1.807, 2.05) is 6.07 Å². The van der Waals surface area contributed by atoms with Crippen LogP contribution in [0.5, 0.6) is 0 Å². The molecule has 1 heterocycles. The lowest BCUT2D eigenvalue weighted by Crippen LogP contribution is -2.02. The van der Waals surface area contributed by atoms with Crippen LogP contribution in [0, 0.1) is 23.0 Å². The van der Waals surface area contributed by atoms with Crippen LogP contribution >= 0.6 is 0 Å². The van der Waals surface area contributed by atoms with Gasteiger partial charge in [-0.2, -0.15) is 5.26 Å². The fourth-order valence-corrected chi connectivity index (χ4v) is 1.41. The molecular weight excluding hydrogens is 236 g/mol. The third-order valence-corrected chi connectivity index (χ3v) is 2.35. The molecule has 2 aromatic rings. The summed E-state index contributed by atoms with van der Waals surface area (Å²) < 4.78 is 25.7. The summed E-state index contributed by atoms with van der Waals surface area (Å²) in [6.07, 6.45) is 1.44. The number of nitrogens with zero attached hydrogens (tertiary/aromatic N) is 2. The van der Waals surface area contributed by atoms with Crippen molar-refractivity contribution in [2.45, 2.75) is 6.54 Å². The smallest absolute Gasteiger partial charge is 0.159 e. The summed E-state index contributed by atoms with van der Waals surface area (Å²) in [5, 5.41) is 11.6. The van der Waals surface area contributed by atoms with E-state index in [0.29, 0.717) is 23.5 Å². The Morgan fingerprint density at radius 1 is 1.17 bits per heavy atom. The van der Waals surface area contributed by atoms with Gasteiger partial charge in [0.2, 0.25) is 0 Å². The standard InChI is InChI=1S/C13H9F2N3/c14-11-3-1-9(5-12(11)15)7-17-13-4-2-10(6-16)8-18-13/h1-5,8H,7H2,(H,17,18). The van der Waals surface area contributed by atoms with E-state index in [9.17, 15) is 8.78 Å². The molecule has 1 aromatic carbocycles. The van der Waals surface area contributed by atoms with E-state index in [1.165, 1.54) is 12.3 Å². The molecule has 1 aromatic heterocycles. The van der Waals surface area contributed by atoms with Crippen LogP contribution < -0.4 is 5.32 Å². The summed E-state index contributed by atoms with van der Waals surface area (Å²) in [5.74, 6) is -1.17. The van der Waals surface area contributed by atoms with Crippen molar-refractivity contribution in [3.05, 3.63) is 59.3 Å². The van der Waals surface area contributed by atoms with E-state index in [0.717, 1.165) is 12.1 Å². The normalized spacial score (nSPS) is 9.83. The van der Waals surface area contributed by atoms with Gasteiger partial charge in [-0.25, -0.2) is 13.8 Å². The number of hydrogen-bond donors (Lipinski definition) is 1. The van der Waals surface area contributed by atoms with Crippen molar-refractivity contribution in [2.75, 3.05) is 5.32 Å². The van der Waals surface area contributed by atoms with Crippen LogP contribution in [0.25, 0.3) is 0 Å². The highest BCUT2D eigenvalue weighted by molar-refractivity contribution is 5.39. The van der Waals surface area contributed by atoms with Crippen molar-refractivity contribution in [2.24, 2.45) is 0 Å². The highest BCUT2D eigenvalue weighted by atomic mass is 19.2. The molecule has 5 heteroatoms. The van der Waals surface area contributed by atoms with Gasteiger partial charge in [-0.3, -0.25) is 0 Å². The van der Waals surface area contributed by atoms with Crippen molar-refractivity contribution in [3.63, 3.8) is 0 Å². The number of pyridine rings is 1. The molecule has 0 aliphatic rings. The van der Waals surface area contributed by atoms with Gasteiger partial charge in [0, 0.05) is 12.7 Å². The van der Waals surface area contributed by atoms with E-state index in [2.05, 4.69) is 10.3 Å². The predicted octanol–water partition coefficient (Wildman–Crippen LogP) is 2.84. The maximum absolute atomic E-state index is 12.9. The molecule has 3 nitrogen and oxygen atoms in total. The van der Waals surface area contributed by atoms with Gasteiger partial charge in [0.1, 0.15) is 11.9 Å². The van der Waals surface area contributed by atoms with Crippen LogP contribution in [0.1, 0.15) is 11.1 Å². The molecule has 0 bridgehead atoms. The topological polar surface area (TPSA) is 48.7 Å². The number of nitrogens with one attached hydrogen (secondary N) is 1. The van der Waals surface area contributed by atoms with E-state index in [1.54, 1.807) is 12.1 Å². The molecule has 0 saturated carbocycles. The van der Waals surface area contributed by atoms with Gasteiger partial charge in [0.05, 0.1) is 5.56 Å². The van der Waals surface area contributed by atoms with Gasteiger partial charge >= 0.3 is 0 Å². The molecule has 0 unspecified atom stereocenters. The van der Waals surface area contributed by atoms with Crippen molar-refractivity contribution < 1.29 is 8.78 Å². The molecule has 0 aliphatic heterocycles. The third kappa shape index (κ3) is 2.80. The van der Waals surface area contributed by atoms with Crippen LogP contribution in [-0.4, -0.2) is 4.98 Å². The Kier molecular flexibility index (Phi) is 3.49. The SMILES string of the molecule is N#Cc1ccc(NCc2ccc(F)c(F)c2)nc1. The number of rotatable bonds is 3. The minimum atomic E-state index is -0.873. The lowest BCUT2D eigenvalue weighted by Gasteiger charge is -2.05. The van der Waals surface area contributed by atoms with E-state index in [4.69, 9.17) is 5.26 Å². The van der Waals surface area contributed by atoms with E-state index >= 15 is 0 Å². The Labute approximate surface area is 103 Å². The zero-order chi connectivity index (χ0) is 13.0. The Bertz CT molecular complexity index is 588. The minimum absolute atomic E-state index is 0.329. The summed E-state index contributed by atoms with van der Waals surface area (Å²) in [6.45, 7) is 0.329. The molecule has 0 aliphatic carbocycles. The first-order valence-corrected chi connectivity index (χ1v) is 5.23. The third-order valence-electron chi connectivity index (χ3n) is 2.35. The monoisotopic (exact) mass is 245 g/mol. The molecule has 0 spiro atoms. The lowest BCUT2D eigenvalue weighted by atomic mass is 10.2. The van der Waals surface area contributed by atoms with Crippen LogP contribution in [0.4, 0.5) is 14.6 Å². The summed E-state index contributed by atoms with van der Waals surface area (Å²) in [4.78, 5) is 4.00. The molecule has 0 saturated heterocycles. The second-order valence-electron chi connectivity index (χ2n) is 3.65. The molecule has 0 amide bonds. The second kappa shape index (κ2) is 5.23. The number of hydrogen-bond acceptors (Lipinski definition) is 3. The Morgan fingerprint density at radius 2 is 2.00 bits per heavy atom. The minimum Gasteiger partial charge on any atom is -0.366 e. The van der Waals surface area contributed by atoms with Crippen molar-refractivity contribution in [1.82, 2.24) is 4.98 Å². The maximum Gasteiger partial charge on any atom is 0.159 e. The summed E-state index contributed by atoms with van der Waals surface area (Å²) in [7, 11) is 0. The molecule has 0 fully saturated rings. The molecule has 1 N–H and O–H groups in total. The first-order chi connectivity index (χ1) is 8.69. The molecular formula is C13H9F2N3. The fraction of sp³-hybridized carbons (Fsp3) is 0.0769. The van der Waals surface area contributed by atoms with Crippen LogP contribution in [0.15, 0.2) is 36.5 Å². The predicted molar refractivity (Wildman–Crippen MR) is 62.6 cm³/mol. The number of benzene rings is 1.